The highest BCUT2D eigenvalue weighted by Crippen LogP contribution is 2.62. The molecular formula is C24H35N2O3+. The van der Waals surface area contributed by atoms with Crippen molar-refractivity contribution in [2.45, 2.75) is 57.1 Å². The fourth-order valence-corrected chi connectivity index (χ4v) is 7.32. The molecule has 0 spiro atoms. The summed E-state index contributed by atoms with van der Waals surface area (Å²) < 4.78 is 5.24. The molecule has 1 aliphatic heterocycles. The molecule has 5 fully saturated rings. The van der Waals surface area contributed by atoms with Gasteiger partial charge in [-0.1, -0.05) is 0 Å². The summed E-state index contributed by atoms with van der Waals surface area (Å²) in [5.74, 6) is 2.53. The highest BCUT2D eigenvalue weighted by molar-refractivity contribution is 5.77. The molecule has 5 aliphatic rings. The van der Waals surface area contributed by atoms with E-state index in [1.165, 1.54) is 24.8 Å². The molecular weight excluding hydrogens is 364 g/mol. The first-order chi connectivity index (χ1) is 13.9. The Morgan fingerprint density at radius 1 is 1.14 bits per heavy atom. The normalized spacial score (nSPS) is 36.4. The quantitative estimate of drug-likeness (QED) is 0.792. The molecule has 1 aromatic carbocycles. The van der Waals surface area contributed by atoms with Crippen LogP contribution >= 0.6 is 0 Å². The number of carbonyl (C=O) groups is 1. The summed E-state index contributed by atoms with van der Waals surface area (Å²) in [6.45, 7) is 4.75. The highest BCUT2D eigenvalue weighted by Gasteiger charge is 2.57. The minimum Gasteiger partial charge on any atom is -0.497 e. The van der Waals surface area contributed by atoms with Gasteiger partial charge in [-0.25, -0.2) is 0 Å². The average Bonchev–Trinajstić information content (AvgIpc) is 2.67. The maximum atomic E-state index is 13.1. The second-order valence-corrected chi connectivity index (χ2v) is 10.5. The van der Waals surface area contributed by atoms with E-state index in [-0.39, 0.29) is 5.41 Å². The van der Waals surface area contributed by atoms with Crippen LogP contribution in [-0.4, -0.2) is 54.8 Å². The maximum absolute atomic E-state index is 13.1. The molecule has 5 nitrogen and oxygen atoms in total. The van der Waals surface area contributed by atoms with Gasteiger partial charge in [-0.05, 0) is 80.0 Å². The summed E-state index contributed by atoms with van der Waals surface area (Å²) in [6, 6.07) is 8.32. The molecule has 4 aliphatic carbocycles. The summed E-state index contributed by atoms with van der Waals surface area (Å²) in [5.41, 5.74) is 0.941. The smallest absolute Gasteiger partial charge is 0.223 e. The van der Waals surface area contributed by atoms with Crippen LogP contribution in [0.4, 0.5) is 0 Å². The van der Waals surface area contributed by atoms with Crippen molar-refractivity contribution in [3.05, 3.63) is 29.8 Å². The number of aliphatic hydroxyl groups is 1. The molecule has 29 heavy (non-hydrogen) atoms. The zero-order chi connectivity index (χ0) is 20.1. The number of amides is 1. The molecule has 6 rings (SSSR count). The van der Waals surface area contributed by atoms with Crippen LogP contribution in [0.5, 0.6) is 5.75 Å². The summed E-state index contributed by atoms with van der Waals surface area (Å²) >= 11 is 0. The van der Waals surface area contributed by atoms with Gasteiger partial charge in [0.15, 0.2) is 0 Å². The van der Waals surface area contributed by atoms with Crippen molar-refractivity contribution in [2.75, 3.05) is 33.3 Å². The number of benzene rings is 1. The number of rotatable bonds is 5. The summed E-state index contributed by atoms with van der Waals surface area (Å²) in [5, 5.41) is 11.0. The molecule has 1 saturated heterocycles. The number of ether oxygens (including phenoxy) is 1. The first kappa shape index (κ1) is 19.4. The van der Waals surface area contributed by atoms with Crippen LogP contribution in [-0.2, 0) is 11.3 Å². The molecule has 158 valence electrons. The standard InChI is InChI=1S/C24H34N2O3/c1-29-21-4-2-18(3-5-21)16-25-6-8-26(9-7-25)22(27)15-23-11-19-10-20(12-23)14-24(28,13-19)17-23/h2-5,19-20,28H,6-17H2,1H3/p+1/t19-,20+,23?,24?. The van der Waals surface area contributed by atoms with E-state index in [2.05, 4.69) is 17.0 Å². The van der Waals surface area contributed by atoms with Crippen LogP contribution in [0.2, 0.25) is 0 Å². The fourth-order valence-electron chi connectivity index (χ4n) is 7.32. The predicted octanol–water partition coefficient (Wildman–Crippen LogP) is 1.64. The molecule has 1 amide bonds. The maximum Gasteiger partial charge on any atom is 0.223 e. The third-order valence-corrected chi connectivity index (χ3v) is 8.11. The van der Waals surface area contributed by atoms with E-state index < -0.39 is 5.60 Å². The zero-order valence-corrected chi connectivity index (χ0v) is 17.7. The van der Waals surface area contributed by atoms with E-state index in [4.69, 9.17) is 4.74 Å². The molecule has 4 bridgehead atoms. The first-order valence-electron chi connectivity index (χ1n) is 11.4. The van der Waals surface area contributed by atoms with E-state index >= 15 is 0 Å². The molecule has 2 unspecified atom stereocenters. The molecule has 1 heterocycles. The van der Waals surface area contributed by atoms with Crippen LogP contribution in [0.15, 0.2) is 24.3 Å². The highest BCUT2D eigenvalue weighted by atomic mass is 16.5. The number of piperazine rings is 1. The number of nitrogens with one attached hydrogen (secondary N) is 1. The number of hydrogen-bond acceptors (Lipinski definition) is 3. The van der Waals surface area contributed by atoms with E-state index in [1.54, 1.807) is 12.0 Å². The van der Waals surface area contributed by atoms with Crippen LogP contribution in [0, 0.1) is 17.3 Å². The Hall–Kier alpha value is -1.59. The minimum absolute atomic E-state index is 0.0863. The van der Waals surface area contributed by atoms with E-state index in [0.29, 0.717) is 24.2 Å². The number of carbonyl (C=O) groups excluding carboxylic acids is 1. The number of quaternary nitrogens is 1. The van der Waals surface area contributed by atoms with Gasteiger partial charge in [-0.15, -0.1) is 0 Å². The second-order valence-electron chi connectivity index (χ2n) is 10.5. The summed E-state index contributed by atoms with van der Waals surface area (Å²) in [4.78, 5) is 16.8. The molecule has 2 N–H and O–H groups in total. The number of methoxy groups -OCH3 is 1. The van der Waals surface area contributed by atoms with E-state index in [1.807, 2.05) is 12.1 Å². The lowest BCUT2D eigenvalue weighted by molar-refractivity contribution is -0.917. The van der Waals surface area contributed by atoms with Crippen LogP contribution in [0.25, 0.3) is 0 Å². The SMILES string of the molecule is COc1ccc(C[NH+]2CCN(C(=O)CC34C[C@@H]5C[C@@H](CC(O)(C5)C3)C4)CC2)cc1. The lowest BCUT2D eigenvalue weighted by Gasteiger charge is -2.60. The van der Waals surface area contributed by atoms with Gasteiger partial charge < -0.3 is 19.6 Å². The molecule has 1 aromatic rings. The Bertz CT molecular complexity index is 740. The molecule has 0 aromatic heterocycles. The monoisotopic (exact) mass is 399 g/mol. The average molecular weight is 400 g/mol. The second kappa shape index (κ2) is 7.28. The fraction of sp³-hybridized carbons (Fsp3) is 0.708. The molecule has 4 saturated carbocycles. The van der Waals surface area contributed by atoms with Crippen molar-refractivity contribution in [2.24, 2.45) is 17.3 Å². The van der Waals surface area contributed by atoms with Gasteiger partial charge >= 0.3 is 0 Å². The van der Waals surface area contributed by atoms with Crippen LogP contribution in [0.3, 0.4) is 0 Å². The van der Waals surface area contributed by atoms with Gasteiger partial charge in [0.1, 0.15) is 12.3 Å². The van der Waals surface area contributed by atoms with Crippen LogP contribution < -0.4 is 9.64 Å². The Balaban J connectivity index is 1.15. The van der Waals surface area contributed by atoms with Crippen molar-refractivity contribution < 1.29 is 19.5 Å². The third-order valence-electron chi connectivity index (χ3n) is 8.11. The predicted molar refractivity (Wildman–Crippen MR) is 111 cm³/mol. The van der Waals surface area contributed by atoms with Crippen molar-refractivity contribution in [1.29, 1.82) is 0 Å². The molecule has 5 heteroatoms. The minimum atomic E-state index is -0.467. The zero-order valence-electron chi connectivity index (χ0n) is 17.7. The van der Waals surface area contributed by atoms with Crippen molar-refractivity contribution >= 4 is 5.91 Å². The Kier molecular flexibility index (Phi) is 4.86. The summed E-state index contributed by atoms with van der Waals surface area (Å²) in [7, 11) is 1.69. The van der Waals surface area contributed by atoms with Gasteiger partial charge in [0.05, 0.1) is 38.9 Å². The largest absolute Gasteiger partial charge is 0.497 e. The van der Waals surface area contributed by atoms with E-state index in [9.17, 15) is 9.90 Å². The lowest BCUT2D eigenvalue weighted by Crippen LogP contribution is -3.13. The van der Waals surface area contributed by atoms with Gasteiger partial charge in [-0.3, -0.25) is 4.79 Å². The van der Waals surface area contributed by atoms with Crippen molar-refractivity contribution in [3.8, 4) is 5.75 Å². The topological polar surface area (TPSA) is 54.2 Å². The summed E-state index contributed by atoms with van der Waals surface area (Å²) in [6.07, 6.45) is 7.10. The van der Waals surface area contributed by atoms with Gasteiger partial charge in [0.2, 0.25) is 5.91 Å². The van der Waals surface area contributed by atoms with Crippen molar-refractivity contribution in [1.82, 2.24) is 4.90 Å². The Morgan fingerprint density at radius 2 is 1.79 bits per heavy atom. The van der Waals surface area contributed by atoms with Gasteiger partial charge in [-0.2, -0.15) is 0 Å². The van der Waals surface area contributed by atoms with Crippen molar-refractivity contribution in [3.63, 3.8) is 0 Å². The number of nitrogens with zero attached hydrogens (tertiary/aromatic N) is 1. The molecule has 0 radical (unpaired) electrons. The van der Waals surface area contributed by atoms with Gasteiger partial charge in [0.25, 0.3) is 0 Å². The van der Waals surface area contributed by atoms with Crippen LogP contribution in [0.1, 0.15) is 50.5 Å². The number of hydrogen-bond donors (Lipinski definition) is 2. The lowest BCUT2D eigenvalue weighted by atomic mass is 9.47. The van der Waals surface area contributed by atoms with Gasteiger partial charge in [0, 0.05) is 12.0 Å². The Morgan fingerprint density at radius 3 is 2.38 bits per heavy atom. The Labute approximate surface area is 174 Å². The third kappa shape index (κ3) is 3.91. The van der Waals surface area contributed by atoms with E-state index in [0.717, 1.165) is 57.7 Å². The first-order valence-corrected chi connectivity index (χ1v) is 11.4. The molecule has 4 atom stereocenters.